The van der Waals surface area contributed by atoms with Crippen LogP contribution in [-0.4, -0.2) is 47.9 Å². The van der Waals surface area contributed by atoms with E-state index in [1.165, 1.54) is 19.3 Å². The number of likely N-dealkylation sites (tertiary alicyclic amines) is 1. The van der Waals surface area contributed by atoms with Gasteiger partial charge in [0.15, 0.2) is 0 Å². The first-order valence-corrected chi connectivity index (χ1v) is 11.9. The fraction of sp³-hybridized carbons (Fsp3) is 0.296. The minimum absolute atomic E-state index is 0.166. The number of hydrogen-bond acceptors (Lipinski definition) is 7. The third kappa shape index (κ3) is 5.20. The van der Waals surface area contributed by atoms with Gasteiger partial charge in [-0.05, 0) is 63.2 Å². The van der Waals surface area contributed by atoms with E-state index in [4.69, 9.17) is 17.1 Å². The van der Waals surface area contributed by atoms with E-state index in [-0.39, 0.29) is 5.95 Å². The molecule has 3 aromatic heterocycles. The second-order valence-corrected chi connectivity index (χ2v) is 8.85. The maximum absolute atomic E-state index is 6.01. The van der Waals surface area contributed by atoms with Crippen molar-refractivity contribution in [1.29, 1.82) is 0 Å². The average molecular weight is 465 g/mol. The first-order chi connectivity index (χ1) is 17.1. The summed E-state index contributed by atoms with van der Waals surface area (Å²) in [6, 6.07) is 15.9. The number of aromatic nitrogens is 6. The van der Waals surface area contributed by atoms with Crippen LogP contribution in [0.3, 0.4) is 0 Å². The van der Waals surface area contributed by atoms with Crippen LogP contribution in [0.25, 0.3) is 22.6 Å². The van der Waals surface area contributed by atoms with Gasteiger partial charge in [0, 0.05) is 17.2 Å². The number of nitrogens with two attached hydrogens (primary N) is 1. The molecule has 5 rings (SSSR count). The zero-order chi connectivity index (χ0) is 24.2. The van der Waals surface area contributed by atoms with Crippen molar-refractivity contribution in [3.05, 3.63) is 71.7 Å². The highest BCUT2D eigenvalue weighted by atomic mass is 15.4. The summed E-state index contributed by atoms with van der Waals surface area (Å²) in [7, 11) is 0. The Morgan fingerprint density at radius 1 is 0.971 bits per heavy atom. The summed E-state index contributed by atoms with van der Waals surface area (Å²) in [5.41, 5.74) is 11.6. The molecule has 8 heteroatoms. The van der Waals surface area contributed by atoms with Gasteiger partial charge in [-0.2, -0.15) is 0 Å². The molecule has 1 aliphatic rings. The molecule has 0 spiro atoms. The molecule has 0 saturated carbocycles. The van der Waals surface area contributed by atoms with Crippen LogP contribution in [0.1, 0.15) is 49.2 Å². The Kier molecular flexibility index (Phi) is 6.51. The third-order valence-electron chi connectivity index (χ3n) is 6.39. The average Bonchev–Trinajstić information content (AvgIpc) is 3.37. The van der Waals surface area contributed by atoms with E-state index in [1.807, 2.05) is 42.6 Å². The minimum atomic E-state index is 0.166. The number of pyridine rings is 1. The maximum atomic E-state index is 6.01. The summed E-state index contributed by atoms with van der Waals surface area (Å²) >= 11 is 0. The van der Waals surface area contributed by atoms with Gasteiger partial charge in [-0.1, -0.05) is 35.8 Å². The van der Waals surface area contributed by atoms with Crippen LogP contribution in [0.5, 0.6) is 0 Å². The van der Waals surface area contributed by atoms with Crippen molar-refractivity contribution in [1.82, 2.24) is 34.8 Å². The van der Waals surface area contributed by atoms with Crippen LogP contribution in [0, 0.1) is 12.3 Å². The van der Waals surface area contributed by atoms with Crippen LogP contribution in [-0.2, 0) is 6.54 Å². The van der Waals surface area contributed by atoms with E-state index < -0.39 is 0 Å². The van der Waals surface area contributed by atoms with Gasteiger partial charge in [0.2, 0.25) is 5.95 Å². The van der Waals surface area contributed by atoms with Crippen LogP contribution in [0.15, 0.2) is 54.7 Å². The zero-order valence-electron chi connectivity index (χ0n) is 19.8. The number of terminal acetylenes is 1. The smallest absolute Gasteiger partial charge is 0.221 e. The van der Waals surface area contributed by atoms with Gasteiger partial charge < -0.3 is 5.73 Å². The highest BCUT2D eigenvalue weighted by Gasteiger charge is 2.19. The topological polar surface area (TPSA) is 98.6 Å². The number of nitrogens with zero attached hydrogens (tertiary/aromatic N) is 7. The molecule has 2 N–H and O–H groups in total. The molecule has 0 aliphatic carbocycles. The lowest BCUT2D eigenvalue weighted by molar-refractivity contribution is 0.172. The summed E-state index contributed by atoms with van der Waals surface area (Å²) in [5, 5.41) is 8.62. The number of anilines is 1. The first kappa shape index (κ1) is 22.7. The van der Waals surface area contributed by atoms with E-state index in [9.17, 15) is 0 Å². The molecule has 0 bridgehead atoms. The quantitative estimate of drug-likeness (QED) is 0.431. The molecule has 1 aliphatic heterocycles. The Labute approximate surface area is 205 Å². The molecule has 0 unspecified atom stereocenters. The first-order valence-electron chi connectivity index (χ1n) is 11.9. The molecule has 1 saturated heterocycles. The molecule has 4 heterocycles. The molecule has 176 valence electrons. The maximum Gasteiger partial charge on any atom is 0.221 e. The predicted molar refractivity (Wildman–Crippen MR) is 136 cm³/mol. The fourth-order valence-electron chi connectivity index (χ4n) is 4.48. The SMILES string of the molecule is C#Cc1cccc(-c2cc(-c3cn(Cc4cccc([C@H](C)N5CCCCC5)n4)nn3)nc(N)n2)c1. The van der Waals surface area contributed by atoms with Crippen molar-refractivity contribution < 1.29 is 0 Å². The molecule has 4 aromatic rings. The molecule has 35 heavy (non-hydrogen) atoms. The Bertz CT molecular complexity index is 1360. The van der Waals surface area contributed by atoms with Gasteiger partial charge in [-0.15, -0.1) is 11.5 Å². The molecule has 1 fully saturated rings. The van der Waals surface area contributed by atoms with E-state index >= 15 is 0 Å². The summed E-state index contributed by atoms with van der Waals surface area (Å²) in [6.45, 7) is 5.03. The standard InChI is InChI=1S/C27H28N8/c1-3-20-9-7-10-21(15-20)24-16-25(31-27(28)30-24)26-18-35(33-32-26)17-22-11-8-12-23(29-22)19(2)34-13-5-4-6-14-34/h1,7-12,15-16,18-19H,4-6,13-14,17H2,2H3,(H2,28,30,31)/t19-/m0/s1. The van der Waals surface area contributed by atoms with E-state index in [2.05, 4.69) is 50.2 Å². The number of piperidine rings is 1. The summed E-state index contributed by atoms with van der Waals surface area (Å²) in [6.07, 6.45) is 11.2. The van der Waals surface area contributed by atoms with Crippen LogP contribution in [0.2, 0.25) is 0 Å². The molecule has 1 aromatic carbocycles. The molecular formula is C27H28N8. The Morgan fingerprint density at radius 2 is 1.77 bits per heavy atom. The molecule has 8 nitrogen and oxygen atoms in total. The van der Waals surface area contributed by atoms with Crippen molar-refractivity contribution in [2.45, 2.75) is 38.8 Å². The minimum Gasteiger partial charge on any atom is -0.368 e. The summed E-state index contributed by atoms with van der Waals surface area (Å²) in [4.78, 5) is 16.2. The Hall–Kier alpha value is -4.09. The van der Waals surface area contributed by atoms with E-state index in [0.717, 1.165) is 35.6 Å². The van der Waals surface area contributed by atoms with Gasteiger partial charge >= 0.3 is 0 Å². The van der Waals surface area contributed by atoms with Crippen LogP contribution in [0.4, 0.5) is 5.95 Å². The number of benzene rings is 1. The lowest BCUT2D eigenvalue weighted by Gasteiger charge is -2.32. The van der Waals surface area contributed by atoms with Crippen molar-refractivity contribution in [2.24, 2.45) is 0 Å². The monoisotopic (exact) mass is 464 g/mol. The zero-order valence-corrected chi connectivity index (χ0v) is 19.8. The molecule has 1 atom stereocenters. The summed E-state index contributed by atoms with van der Waals surface area (Å²) in [5.74, 6) is 2.81. The highest BCUT2D eigenvalue weighted by molar-refractivity contribution is 5.68. The molecule has 0 amide bonds. The van der Waals surface area contributed by atoms with Crippen molar-refractivity contribution in [2.75, 3.05) is 18.8 Å². The van der Waals surface area contributed by atoms with Gasteiger partial charge in [0.05, 0.1) is 35.5 Å². The lowest BCUT2D eigenvalue weighted by Crippen LogP contribution is -2.32. The third-order valence-corrected chi connectivity index (χ3v) is 6.39. The Morgan fingerprint density at radius 3 is 2.60 bits per heavy atom. The van der Waals surface area contributed by atoms with Gasteiger partial charge in [-0.3, -0.25) is 9.88 Å². The van der Waals surface area contributed by atoms with E-state index in [1.54, 1.807) is 4.68 Å². The van der Waals surface area contributed by atoms with Gasteiger partial charge in [0.25, 0.3) is 0 Å². The second-order valence-electron chi connectivity index (χ2n) is 8.85. The molecular weight excluding hydrogens is 436 g/mol. The lowest BCUT2D eigenvalue weighted by atomic mass is 10.1. The molecule has 0 radical (unpaired) electrons. The predicted octanol–water partition coefficient (Wildman–Crippen LogP) is 3.96. The van der Waals surface area contributed by atoms with Crippen molar-refractivity contribution >= 4 is 5.95 Å². The van der Waals surface area contributed by atoms with E-state index in [0.29, 0.717) is 29.7 Å². The highest BCUT2D eigenvalue weighted by Crippen LogP contribution is 2.25. The largest absolute Gasteiger partial charge is 0.368 e. The fourth-order valence-corrected chi connectivity index (χ4v) is 4.48. The normalized spacial score (nSPS) is 15.0. The number of nitrogen functional groups attached to an aromatic ring is 1. The van der Waals surface area contributed by atoms with Crippen LogP contribution < -0.4 is 5.73 Å². The van der Waals surface area contributed by atoms with Crippen molar-refractivity contribution in [3.8, 4) is 35.0 Å². The second kappa shape index (κ2) is 10.0. The Balaban J connectivity index is 1.35. The summed E-state index contributed by atoms with van der Waals surface area (Å²) < 4.78 is 1.77. The number of rotatable bonds is 6. The number of hydrogen-bond donors (Lipinski definition) is 1. The van der Waals surface area contributed by atoms with Gasteiger partial charge in [-0.25, -0.2) is 14.6 Å². The van der Waals surface area contributed by atoms with Crippen molar-refractivity contribution in [3.63, 3.8) is 0 Å². The van der Waals surface area contributed by atoms with Crippen LogP contribution >= 0.6 is 0 Å². The van der Waals surface area contributed by atoms with Gasteiger partial charge in [0.1, 0.15) is 5.69 Å².